The monoisotopic (exact) mass is 339 g/mol. The highest BCUT2D eigenvalue weighted by molar-refractivity contribution is 5.79. The smallest absolute Gasteiger partial charge is 0.258 e. The molecule has 0 bridgehead atoms. The van der Waals surface area contributed by atoms with Crippen LogP contribution in [0, 0.1) is 5.92 Å². The minimum Gasteiger partial charge on any atom is -0.493 e. The number of hydrogen-bond donors (Lipinski definition) is 1. The lowest BCUT2D eigenvalue weighted by molar-refractivity contribution is -0.124. The van der Waals surface area contributed by atoms with E-state index in [-0.39, 0.29) is 18.6 Å². The molecule has 25 heavy (non-hydrogen) atoms. The van der Waals surface area contributed by atoms with E-state index < -0.39 is 0 Å². The third-order valence-corrected chi connectivity index (χ3v) is 4.25. The van der Waals surface area contributed by atoms with Crippen LogP contribution in [0.2, 0.25) is 0 Å². The van der Waals surface area contributed by atoms with Crippen molar-refractivity contribution in [1.29, 1.82) is 0 Å². The van der Waals surface area contributed by atoms with Gasteiger partial charge >= 0.3 is 0 Å². The molecular formula is C20H21NO4. The third-order valence-electron chi connectivity index (χ3n) is 4.25. The van der Waals surface area contributed by atoms with Crippen LogP contribution in [-0.4, -0.2) is 25.9 Å². The van der Waals surface area contributed by atoms with Gasteiger partial charge in [0.15, 0.2) is 18.1 Å². The summed E-state index contributed by atoms with van der Waals surface area (Å²) in [5.74, 6) is 1.18. The number of carbonyl (C=O) groups is 2. The Hall–Kier alpha value is -2.82. The Bertz CT molecular complexity index is 741. The van der Waals surface area contributed by atoms with Gasteiger partial charge in [0.05, 0.1) is 13.2 Å². The first-order chi connectivity index (χ1) is 12.2. The molecule has 0 aliphatic heterocycles. The Morgan fingerprint density at radius 1 is 1.20 bits per heavy atom. The van der Waals surface area contributed by atoms with Gasteiger partial charge in [0.2, 0.25) is 0 Å². The van der Waals surface area contributed by atoms with Gasteiger partial charge in [-0.1, -0.05) is 30.3 Å². The van der Waals surface area contributed by atoms with Crippen molar-refractivity contribution in [3.63, 3.8) is 0 Å². The van der Waals surface area contributed by atoms with Crippen molar-refractivity contribution >= 4 is 12.2 Å². The normalized spacial score (nSPS) is 14.4. The van der Waals surface area contributed by atoms with E-state index in [1.54, 1.807) is 18.2 Å². The number of rotatable bonds is 8. The number of nitrogens with one attached hydrogen (secondary N) is 1. The fourth-order valence-electron chi connectivity index (χ4n) is 2.80. The summed E-state index contributed by atoms with van der Waals surface area (Å²) in [5, 5.41) is 3.06. The van der Waals surface area contributed by atoms with Crippen molar-refractivity contribution in [3.05, 3.63) is 59.7 Å². The van der Waals surface area contributed by atoms with Crippen LogP contribution in [0.15, 0.2) is 48.5 Å². The summed E-state index contributed by atoms with van der Waals surface area (Å²) in [4.78, 5) is 23.1. The number of amides is 1. The van der Waals surface area contributed by atoms with Gasteiger partial charge in [-0.2, -0.15) is 0 Å². The lowest BCUT2D eigenvalue weighted by Gasteiger charge is -2.19. The molecule has 5 nitrogen and oxygen atoms in total. The predicted molar refractivity (Wildman–Crippen MR) is 93.9 cm³/mol. The molecule has 2 aromatic carbocycles. The zero-order chi connectivity index (χ0) is 17.6. The molecule has 0 heterocycles. The Morgan fingerprint density at radius 3 is 2.60 bits per heavy atom. The van der Waals surface area contributed by atoms with Crippen LogP contribution in [0.25, 0.3) is 0 Å². The molecule has 5 heteroatoms. The lowest BCUT2D eigenvalue weighted by Crippen LogP contribution is -2.33. The highest BCUT2D eigenvalue weighted by Crippen LogP contribution is 2.40. The molecule has 0 spiro atoms. The van der Waals surface area contributed by atoms with E-state index in [0.29, 0.717) is 23.0 Å². The molecule has 1 saturated carbocycles. The standard InChI is InChI=1S/C20H21NO4/c1-24-18-11-14(12-22)7-10-17(18)25-13-19(23)21-20(16-8-9-16)15-5-3-2-4-6-15/h2-7,10-12,16,20H,8-9,13H2,1H3,(H,21,23). The maximum atomic E-state index is 12.3. The van der Waals surface area contributed by atoms with E-state index in [1.807, 2.05) is 30.3 Å². The summed E-state index contributed by atoms with van der Waals surface area (Å²) >= 11 is 0. The van der Waals surface area contributed by atoms with Crippen molar-refractivity contribution in [2.75, 3.05) is 13.7 Å². The second-order valence-electron chi connectivity index (χ2n) is 6.11. The fourth-order valence-corrected chi connectivity index (χ4v) is 2.80. The zero-order valence-corrected chi connectivity index (χ0v) is 14.1. The Balaban J connectivity index is 1.61. The summed E-state index contributed by atoms with van der Waals surface area (Å²) in [6.45, 7) is -0.104. The highest BCUT2D eigenvalue weighted by atomic mass is 16.5. The van der Waals surface area contributed by atoms with Gasteiger partial charge < -0.3 is 14.8 Å². The van der Waals surface area contributed by atoms with E-state index >= 15 is 0 Å². The van der Waals surface area contributed by atoms with Crippen LogP contribution in [0.1, 0.15) is 34.8 Å². The number of ether oxygens (including phenoxy) is 2. The quantitative estimate of drug-likeness (QED) is 0.751. The Labute approximate surface area is 147 Å². The van der Waals surface area contributed by atoms with E-state index in [4.69, 9.17) is 9.47 Å². The average molecular weight is 339 g/mol. The molecule has 1 aliphatic carbocycles. The number of aldehydes is 1. The minimum atomic E-state index is -0.178. The van der Waals surface area contributed by atoms with Crippen molar-refractivity contribution in [2.45, 2.75) is 18.9 Å². The minimum absolute atomic E-state index is 0.0247. The van der Waals surface area contributed by atoms with Gasteiger partial charge in [0.1, 0.15) is 6.29 Å². The summed E-state index contributed by atoms with van der Waals surface area (Å²) in [7, 11) is 1.50. The van der Waals surface area contributed by atoms with Crippen LogP contribution in [0.3, 0.4) is 0 Å². The third kappa shape index (κ3) is 4.38. The molecule has 1 fully saturated rings. The summed E-state index contributed by atoms with van der Waals surface area (Å²) < 4.78 is 10.8. The molecule has 0 radical (unpaired) electrons. The SMILES string of the molecule is COc1cc(C=O)ccc1OCC(=O)NC(c1ccccc1)C1CC1. The molecule has 0 aromatic heterocycles. The van der Waals surface area contributed by atoms with Crippen LogP contribution in [0.4, 0.5) is 0 Å². The molecular weight excluding hydrogens is 318 g/mol. The van der Waals surface area contributed by atoms with Gasteiger partial charge in [0.25, 0.3) is 5.91 Å². The second-order valence-corrected chi connectivity index (χ2v) is 6.11. The molecule has 1 unspecified atom stereocenters. The Morgan fingerprint density at radius 2 is 1.96 bits per heavy atom. The van der Waals surface area contributed by atoms with Crippen LogP contribution in [-0.2, 0) is 4.79 Å². The first-order valence-corrected chi connectivity index (χ1v) is 8.31. The van der Waals surface area contributed by atoms with Gasteiger partial charge in [-0.15, -0.1) is 0 Å². The number of carbonyl (C=O) groups excluding carboxylic acids is 2. The van der Waals surface area contributed by atoms with E-state index in [0.717, 1.165) is 24.7 Å². The highest BCUT2D eigenvalue weighted by Gasteiger charge is 2.33. The molecule has 2 aromatic rings. The predicted octanol–water partition coefficient (Wildman–Crippen LogP) is 3.15. The van der Waals surface area contributed by atoms with E-state index in [2.05, 4.69) is 5.32 Å². The molecule has 1 amide bonds. The Kier molecular flexibility index (Phi) is 5.33. The van der Waals surface area contributed by atoms with Crippen LogP contribution in [0.5, 0.6) is 11.5 Å². The number of hydrogen-bond acceptors (Lipinski definition) is 4. The maximum absolute atomic E-state index is 12.3. The van der Waals surface area contributed by atoms with E-state index in [1.165, 1.54) is 7.11 Å². The van der Waals surface area contributed by atoms with Gasteiger partial charge in [-0.25, -0.2) is 0 Å². The summed E-state index contributed by atoms with van der Waals surface area (Å²) in [5.41, 5.74) is 1.61. The molecule has 1 atom stereocenters. The first-order valence-electron chi connectivity index (χ1n) is 8.31. The van der Waals surface area contributed by atoms with Gasteiger partial charge in [0, 0.05) is 5.56 Å². The fraction of sp³-hybridized carbons (Fsp3) is 0.300. The molecule has 3 rings (SSSR count). The molecule has 130 valence electrons. The topological polar surface area (TPSA) is 64.6 Å². The van der Waals surface area contributed by atoms with Crippen molar-refractivity contribution in [2.24, 2.45) is 5.92 Å². The lowest BCUT2D eigenvalue weighted by atomic mass is 10.0. The summed E-state index contributed by atoms with van der Waals surface area (Å²) in [6.07, 6.45) is 2.99. The van der Waals surface area contributed by atoms with E-state index in [9.17, 15) is 9.59 Å². The molecule has 0 saturated heterocycles. The summed E-state index contributed by atoms with van der Waals surface area (Å²) in [6, 6.07) is 14.9. The molecule has 1 N–H and O–H groups in total. The van der Waals surface area contributed by atoms with Crippen molar-refractivity contribution in [1.82, 2.24) is 5.32 Å². The van der Waals surface area contributed by atoms with Gasteiger partial charge in [-0.05, 0) is 42.5 Å². The molecule has 1 aliphatic rings. The maximum Gasteiger partial charge on any atom is 0.258 e. The second kappa shape index (κ2) is 7.83. The average Bonchev–Trinajstić information content (AvgIpc) is 3.50. The van der Waals surface area contributed by atoms with Crippen LogP contribution >= 0.6 is 0 Å². The number of benzene rings is 2. The van der Waals surface area contributed by atoms with Crippen LogP contribution < -0.4 is 14.8 Å². The van der Waals surface area contributed by atoms with Crippen molar-refractivity contribution in [3.8, 4) is 11.5 Å². The zero-order valence-electron chi connectivity index (χ0n) is 14.1. The number of methoxy groups -OCH3 is 1. The largest absolute Gasteiger partial charge is 0.493 e. The van der Waals surface area contributed by atoms with Gasteiger partial charge in [-0.3, -0.25) is 9.59 Å². The van der Waals surface area contributed by atoms with Crippen molar-refractivity contribution < 1.29 is 19.1 Å². The first kappa shape index (κ1) is 17.0.